The van der Waals surface area contributed by atoms with Gasteiger partial charge in [0.15, 0.2) is 0 Å². The number of para-hydroxylation sites is 1. The molecule has 5 aromatic carbocycles. The highest BCUT2D eigenvalue weighted by atomic mass is 16.5. The molecule has 0 fully saturated rings. The van der Waals surface area contributed by atoms with E-state index < -0.39 is 0 Å². The van der Waals surface area contributed by atoms with Crippen LogP contribution in [0.1, 0.15) is 26.3 Å². The Morgan fingerprint density at radius 3 is 2.27 bits per heavy atom. The predicted molar refractivity (Wildman–Crippen MR) is 201 cm³/mol. The second-order valence-electron chi connectivity index (χ2n) is 13.7. The maximum atomic E-state index is 6.61. The summed E-state index contributed by atoms with van der Waals surface area (Å²) in [6.45, 7) is 7.36. The third-order valence-electron chi connectivity index (χ3n) is 9.54. The average Bonchev–Trinajstić information content (AvgIpc) is 3.67. The highest BCUT2D eigenvalue weighted by molar-refractivity contribution is 6.09. The maximum absolute atomic E-state index is 6.61. The van der Waals surface area contributed by atoms with Crippen molar-refractivity contribution in [3.63, 3.8) is 0 Å². The SMILES string of the molecule is CC(C)(C)c1ccnc(-n2c3ccccc3c3ccc(Oc4cccc(N5CN(c6ccc7ccccc7c6)c6cnccc65)c4)cc32)c1. The molecule has 6 nitrogen and oxygen atoms in total. The van der Waals surface area contributed by atoms with Crippen molar-refractivity contribution in [3.05, 3.63) is 152 Å². The first-order valence-electron chi connectivity index (χ1n) is 16.7. The summed E-state index contributed by atoms with van der Waals surface area (Å²) in [6, 6.07) is 44.7. The summed E-state index contributed by atoms with van der Waals surface area (Å²) in [5.74, 6) is 2.44. The van der Waals surface area contributed by atoms with Crippen LogP contribution >= 0.6 is 0 Å². The molecule has 0 atom stereocenters. The van der Waals surface area contributed by atoms with Crippen LogP contribution in [0.15, 0.2) is 146 Å². The molecule has 0 saturated carbocycles. The van der Waals surface area contributed by atoms with Gasteiger partial charge in [0.25, 0.3) is 0 Å². The molecule has 0 amide bonds. The average molecular weight is 638 g/mol. The van der Waals surface area contributed by atoms with Crippen LogP contribution in [0, 0.1) is 0 Å². The molecule has 0 radical (unpaired) electrons. The van der Waals surface area contributed by atoms with E-state index in [0.717, 1.165) is 56.5 Å². The van der Waals surface area contributed by atoms with Gasteiger partial charge in [-0.25, -0.2) is 4.98 Å². The smallest absolute Gasteiger partial charge is 0.137 e. The summed E-state index contributed by atoms with van der Waals surface area (Å²) in [7, 11) is 0. The molecule has 9 rings (SSSR count). The fraction of sp³-hybridized carbons (Fsp3) is 0.116. The Bertz CT molecular complexity index is 2530. The topological polar surface area (TPSA) is 46.4 Å². The van der Waals surface area contributed by atoms with E-state index in [1.54, 1.807) is 0 Å². The van der Waals surface area contributed by atoms with Crippen LogP contribution in [0.5, 0.6) is 11.5 Å². The van der Waals surface area contributed by atoms with Gasteiger partial charge < -0.3 is 14.5 Å². The van der Waals surface area contributed by atoms with Gasteiger partial charge in [-0.05, 0) is 82.4 Å². The van der Waals surface area contributed by atoms with Gasteiger partial charge >= 0.3 is 0 Å². The lowest BCUT2D eigenvalue weighted by Gasteiger charge is -2.22. The van der Waals surface area contributed by atoms with Crippen LogP contribution in [0.25, 0.3) is 38.4 Å². The van der Waals surface area contributed by atoms with Gasteiger partial charge in [0.05, 0.1) is 28.6 Å². The van der Waals surface area contributed by atoms with E-state index in [4.69, 9.17) is 9.72 Å². The third-order valence-corrected chi connectivity index (χ3v) is 9.54. The molecular formula is C43H35N5O. The molecular weight excluding hydrogens is 603 g/mol. The lowest BCUT2D eigenvalue weighted by atomic mass is 9.88. The number of hydrogen-bond donors (Lipinski definition) is 0. The highest BCUT2D eigenvalue weighted by Gasteiger charge is 2.28. The molecule has 1 aliphatic heterocycles. The van der Waals surface area contributed by atoms with Crippen molar-refractivity contribution in [2.45, 2.75) is 26.2 Å². The van der Waals surface area contributed by atoms with Crippen molar-refractivity contribution in [2.75, 3.05) is 16.5 Å². The quantitative estimate of drug-likeness (QED) is 0.188. The van der Waals surface area contributed by atoms with E-state index in [9.17, 15) is 0 Å². The second-order valence-corrected chi connectivity index (χ2v) is 13.7. The van der Waals surface area contributed by atoms with Crippen molar-refractivity contribution in [1.82, 2.24) is 14.5 Å². The first kappa shape index (κ1) is 29.0. The van der Waals surface area contributed by atoms with Gasteiger partial charge in [-0.2, -0.15) is 0 Å². The molecule has 3 aromatic heterocycles. The van der Waals surface area contributed by atoms with Gasteiger partial charge in [-0.1, -0.05) is 75.4 Å². The zero-order valence-corrected chi connectivity index (χ0v) is 27.7. The van der Waals surface area contributed by atoms with Crippen molar-refractivity contribution >= 4 is 55.3 Å². The number of anilines is 4. The van der Waals surface area contributed by atoms with Crippen LogP contribution < -0.4 is 14.5 Å². The summed E-state index contributed by atoms with van der Waals surface area (Å²) in [5, 5.41) is 4.79. The Morgan fingerprint density at radius 1 is 0.592 bits per heavy atom. The molecule has 0 spiro atoms. The minimum Gasteiger partial charge on any atom is -0.457 e. The summed E-state index contributed by atoms with van der Waals surface area (Å²) >= 11 is 0. The van der Waals surface area contributed by atoms with E-state index >= 15 is 0 Å². The van der Waals surface area contributed by atoms with E-state index in [0.29, 0.717) is 6.67 Å². The summed E-state index contributed by atoms with van der Waals surface area (Å²) in [4.78, 5) is 13.9. The maximum Gasteiger partial charge on any atom is 0.137 e. The van der Waals surface area contributed by atoms with Crippen LogP contribution in [0.3, 0.4) is 0 Å². The van der Waals surface area contributed by atoms with E-state index in [-0.39, 0.29) is 5.41 Å². The van der Waals surface area contributed by atoms with Crippen LogP contribution in [-0.4, -0.2) is 21.2 Å². The molecule has 0 saturated heterocycles. The first-order valence-corrected chi connectivity index (χ1v) is 16.7. The van der Waals surface area contributed by atoms with Crippen LogP contribution in [0.2, 0.25) is 0 Å². The summed E-state index contributed by atoms with van der Waals surface area (Å²) < 4.78 is 8.86. The van der Waals surface area contributed by atoms with Gasteiger partial charge in [0.2, 0.25) is 0 Å². The Morgan fingerprint density at radius 2 is 1.37 bits per heavy atom. The number of pyridine rings is 2. The minimum atomic E-state index is 0.00854. The summed E-state index contributed by atoms with van der Waals surface area (Å²) in [6.07, 6.45) is 5.72. The fourth-order valence-electron chi connectivity index (χ4n) is 7.01. The zero-order chi connectivity index (χ0) is 33.1. The predicted octanol–water partition coefficient (Wildman–Crippen LogP) is 11.1. The lowest BCUT2D eigenvalue weighted by Crippen LogP contribution is -2.23. The van der Waals surface area contributed by atoms with Gasteiger partial charge in [-0.3, -0.25) is 9.55 Å². The van der Waals surface area contributed by atoms with Crippen molar-refractivity contribution in [2.24, 2.45) is 0 Å². The highest BCUT2D eigenvalue weighted by Crippen LogP contribution is 2.45. The zero-order valence-electron chi connectivity index (χ0n) is 27.7. The number of benzene rings is 5. The third kappa shape index (κ3) is 5.04. The minimum absolute atomic E-state index is 0.00854. The Balaban J connectivity index is 1.07. The summed E-state index contributed by atoms with van der Waals surface area (Å²) in [5.41, 5.74) is 7.79. The monoisotopic (exact) mass is 637 g/mol. The van der Waals surface area contributed by atoms with E-state index in [1.165, 1.54) is 21.7 Å². The largest absolute Gasteiger partial charge is 0.457 e. The van der Waals surface area contributed by atoms with Gasteiger partial charge in [0.1, 0.15) is 24.0 Å². The molecule has 1 aliphatic rings. The normalized spacial score (nSPS) is 13.0. The molecule has 0 aliphatic carbocycles. The van der Waals surface area contributed by atoms with E-state index in [1.807, 2.05) is 24.7 Å². The fourth-order valence-corrected chi connectivity index (χ4v) is 7.01. The Kier molecular flexibility index (Phi) is 6.66. The Hall–Kier alpha value is -6.14. The lowest BCUT2D eigenvalue weighted by molar-refractivity contribution is 0.483. The van der Waals surface area contributed by atoms with Gasteiger partial charge in [-0.15, -0.1) is 0 Å². The number of ether oxygens (including phenoxy) is 1. The van der Waals surface area contributed by atoms with Crippen molar-refractivity contribution in [3.8, 4) is 17.3 Å². The molecule has 4 heterocycles. The van der Waals surface area contributed by atoms with Gasteiger partial charge in [0, 0.05) is 46.7 Å². The first-order chi connectivity index (χ1) is 23.9. The van der Waals surface area contributed by atoms with Crippen molar-refractivity contribution in [1.29, 1.82) is 0 Å². The second kappa shape index (κ2) is 11.2. The molecule has 238 valence electrons. The molecule has 0 N–H and O–H groups in total. The van der Waals surface area contributed by atoms with Crippen LogP contribution in [0.4, 0.5) is 22.7 Å². The molecule has 6 heteroatoms. The number of rotatable bonds is 5. The Labute approximate surface area is 285 Å². The molecule has 49 heavy (non-hydrogen) atoms. The number of aromatic nitrogens is 3. The van der Waals surface area contributed by atoms with E-state index in [2.05, 4.69) is 161 Å². The molecule has 0 unspecified atom stereocenters. The number of hydrogen-bond acceptors (Lipinski definition) is 5. The molecule has 0 bridgehead atoms. The van der Waals surface area contributed by atoms with Crippen molar-refractivity contribution < 1.29 is 4.74 Å². The molecule has 8 aromatic rings. The standard InChI is InChI=1S/C43H35N5O/c1-43(2,3)31-19-22-45-42(24-31)48-38-14-7-6-13-36(38)37-18-17-35(26-40(37)48)49-34-12-8-11-32(25-34)46-28-47(41-27-44-21-20-39(41)46)33-16-15-29-9-4-5-10-30(29)23-33/h4-27H,28H2,1-3H3. The number of nitrogens with zero attached hydrogens (tertiary/aromatic N) is 5. The number of fused-ring (bicyclic) bond motifs is 5. The van der Waals surface area contributed by atoms with Crippen LogP contribution in [-0.2, 0) is 5.41 Å².